The third kappa shape index (κ3) is 5.25. The fourth-order valence-corrected chi connectivity index (χ4v) is 0.701. The van der Waals surface area contributed by atoms with Gasteiger partial charge < -0.3 is 0 Å². The third-order valence-electron chi connectivity index (χ3n) is 1.19. The number of hydrogen-bond acceptors (Lipinski definition) is 2. The van der Waals surface area contributed by atoms with Crippen molar-refractivity contribution in [3.05, 3.63) is 30.5 Å². The molecular formula is C12H20N2. The van der Waals surface area contributed by atoms with Crippen molar-refractivity contribution in [2.75, 3.05) is 0 Å². The summed E-state index contributed by atoms with van der Waals surface area (Å²) in [7, 11) is 0. The van der Waals surface area contributed by atoms with Crippen LogP contribution in [0.5, 0.6) is 0 Å². The van der Waals surface area contributed by atoms with Crippen molar-refractivity contribution in [2.45, 2.75) is 27.7 Å². The fraction of sp³-hybridized carbons (Fsp3) is 0.333. The lowest BCUT2D eigenvalue weighted by atomic mass is 10.2. The minimum Gasteiger partial charge on any atom is -0.245 e. The molecule has 0 unspecified atom stereocenters. The number of aromatic nitrogens is 1. The topological polar surface area (TPSA) is 25.2 Å². The molecule has 1 aromatic rings. The van der Waals surface area contributed by atoms with Crippen LogP contribution in [0.2, 0.25) is 0 Å². The van der Waals surface area contributed by atoms with Crippen LogP contribution in [0.15, 0.2) is 29.9 Å². The van der Waals surface area contributed by atoms with E-state index in [1.165, 1.54) is 0 Å². The second-order valence-corrected chi connectivity index (χ2v) is 1.78. The van der Waals surface area contributed by atoms with Crippen molar-refractivity contribution in [2.24, 2.45) is 4.99 Å². The van der Waals surface area contributed by atoms with Crippen LogP contribution in [0.4, 0.5) is 5.82 Å². The van der Waals surface area contributed by atoms with E-state index in [0.717, 1.165) is 5.56 Å². The average molecular weight is 192 g/mol. The highest BCUT2D eigenvalue weighted by molar-refractivity contribution is 5.60. The Morgan fingerprint density at radius 2 is 1.86 bits per heavy atom. The lowest BCUT2D eigenvalue weighted by Crippen LogP contribution is -1.76. The number of nitrogens with zero attached hydrogens (tertiary/aromatic N) is 2. The molecule has 0 atom stereocenters. The van der Waals surface area contributed by atoms with Gasteiger partial charge in [-0.1, -0.05) is 40.3 Å². The van der Waals surface area contributed by atoms with Gasteiger partial charge in [0.2, 0.25) is 0 Å². The maximum atomic E-state index is 3.97. The molecule has 2 nitrogen and oxygen atoms in total. The van der Waals surface area contributed by atoms with Crippen molar-refractivity contribution in [1.29, 1.82) is 0 Å². The first kappa shape index (κ1) is 15.1. The molecule has 0 amide bonds. The van der Waals surface area contributed by atoms with Gasteiger partial charge in [0.05, 0.1) is 0 Å². The molecule has 0 fully saturated rings. The predicted molar refractivity (Wildman–Crippen MR) is 66.2 cm³/mol. The minimum absolute atomic E-state index is 0.637. The summed E-state index contributed by atoms with van der Waals surface area (Å²) in [4.78, 5) is 7.68. The molecule has 0 spiro atoms. The Labute approximate surface area is 87.4 Å². The van der Waals surface area contributed by atoms with Gasteiger partial charge in [0, 0.05) is 11.8 Å². The Morgan fingerprint density at radius 1 is 1.29 bits per heavy atom. The first-order valence-corrected chi connectivity index (χ1v) is 4.92. The van der Waals surface area contributed by atoms with Gasteiger partial charge >= 0.3 is 0 Å². The van der Waals surface area contributed by atoms with Gasteiger partial charge in [0.1, 0.15) is 0 Å². The van der Waals surface area contributed by atoms with E-state index in [9.17, 15) is 0 Å². The Morgan fingerprint density at radius 3 is 2.21 bits per heavy atom. The molecule has 78 valence electrons. The molecule has 0 radical (unpaired) electrons. The SMILES string of the molecule is C=Cc1cccnc1N=C.CC.CC. The summed E-state index contributed by atoms with van der Waals surface area (Å²) < 4.78 is 0. The molecular weight excluding hydrogens is 172 g/mol. The van der Waals surface area contributed by atoms with Crippen molar-refractivity contribution < 1.29 is 0 Å². The van der Waals surface area contributed by atoms with E-state index in [1.807, 2.05) is 39.8 Å². The van der Waals surface area contributed by atoms with Crippen molar-refractivity contribution in [1.82, 2.24) is 4.98 Å². The zero-order valence-electron chi connectivity index (χ0n) is 9.62. The summed E-state index contributed by atoms with van der Waals surface area (Å²) in [5.74, 6) is 0.637. The fourth-order valence-electron chi connectivity index (χ4n) is 0.701. The molecule has 0 aromatic carbocycles. The summed E-state index contributed by atoms with van der Waals surface area (Å²) >= 11 is 0. The first-order chi connectivity index (χ1) is 6.88. The maximum absolute atomic E-state index is 3.97. The molecule has 0 saturated carbocycles. The van der Waals surface area contributed by atoms with Crippen LogP contribution in [0.1, 0.15) is 33.3 Å². The van der Waals surface area contributed by atoms with Crippen LogP contribution in [0.25, 0.3) is 6.08 Å². The van der Waals surface area contributed by atoms with Crippen LogP contribution in [-0.2, 0) is 0 Å². The minimum atomic E-state index is 0.637. The Kier molecular flexibility index (Phi) is 12.4. The molecule has 0 aliphatic carbocycles. The number of aliphatic imine (C=N–C) groups is 1. The lowest BCUT2D eigenvalue weighted by molar-refractivity contribution is 1.27. The third-order valence-corrected chi connectivity index (χ3v) is 1.19. The normalized spacial score (nSPS) is 7.14. The molecule has 0 N–H and O–H groups in total. The van der Waals surface area contributed by atoms with E-state index < -0.39 is 0 Å². The van der Waals surface area contributed by atoms with Gasteiger partial charge in [-0.15, -0.1) is 0 Å². The highest BCUT2D eigenvalue weighted by Crippen LogP contribution is 2.14. The molecule has 0 aliphatic rings. The Hall–Kier alpha value is -1.44. The van der Waals surface area contributed by atoms with Crippen LogP contribution in [0, 0.1) is 0 Å². The van der Waals surface area contributed by atoms with Crippen molar-refractivity contribution in [3.8, 4) is 0 Å². The Balaban J connectivity index is 0. The molecule has 1 aromatic heterocycles. The van der Waals surface area contributed by atoms with E-state index in [2.05, 4.69) is 23.3 Å². The Bertz CT molecular complexity index is 227. The van der Waals surface area contributed by atoms with Gasteiger partial charge in [-0.2, -0.15) is 0 Å². The van der Waals surface area contributed by atoms with E-state index >= 15 is 0 Å². The monoisotopic (exact) mass is 192 g/mol. The van der Waals surface area contributed by atoms with E-state index in [-0.39, 0.29) is 0 Å². The first-order valence-electron chi connectivity index (χ1n) is 4.92. The standard InChI is InChI=1S/C8H8N2.2C2H6/c1-3-7-5-4-6-10-8(7)9-2;2*1-2/h3-6H,1-2H2;2*1-2H3. The summed E-state index contributed by atoms with van der Waals surface area (Å²) in [6.45, 7) is 15.0. The van der Waals surface area contributed by atoms with Gasteiger partial charge in [0.25, 0.3) is 0 Å². The van der Waals surface area contributed by atoms with Crippen LogP contribution >= 0.6 is 0 Å². The van der Waals surface area contributed by atoms with Gasteiger partial charge in [0.15, 0.2) is 5.82 Å². The van der Waals surface area contributed by atoms with E-state index in [0.29, 0.717) is 5.82 Å². The zero-order valence-corrected chi connectivity index (χ0v) is 9.62. The van der Waals surface area contributed by atoms with Gasteiger partial charge in [-0.05, 0) is 18.9 Å². The van der Waals surface area contributed by atoms with Crippen molar-refractivity contribution >= 4 is 18.6 Å². The lowest BCUT2D eigenvalue weighted by Gasteiger charge is -1.94. The second kappa shape index (κ2) is 11.6. The number of pyridine rings is 1. The van der Waals surface area contributed by atoms with Gasteiger partial charge in [-0.25, -0.2) is 9.98 Å². The number of hydrogen-bond donors (Lipinski definition) is 0. The highest BCUT2D eigenvalue weighted by Gasteiger charge is 1.92. The van der Waals surface area contributed by atoms with Crippen molar-refractivity contribution in [3.63, 3.8) is 0 Å². The molecule has 0 saturated heterocycles. The largest absolute Gasteiger partial charge is 0.245 e. The summed E-state index contributed by atoms with van der Waals surface area (Å²) in [5, 5.41) is 0. The van der Waals surface area contributed by atoms with Crippen LogP contribution in [-0.4, -0.2) is 11.7 Å². The van der Waals surface area contributed by atoms with E-state index in [4.69, 9.17) is 0 Å². The highest BCUT2D eigenvalue weighted by atomic mass is 14.9. The molecule has 1 rings (SSSR count). The van der Waals surface area contributed by atoms with Crippen LogP contribution < -0.4 is 0 Å². The summed E-state index contributed by atoms with van der Waals surface area (Å²) in [6, 6.07) is 3.73. The summed E-state index contributed by atoms with van der Waals surface area (Å²) in [6.07, 6.45) is 3.38. The van der Waals surface area contributed by atoms with Crippen LogP contribution in [0.3, 0.4) is 0 Å². The second-order valence-electron chi connectivity index (χ2n) is 1.78. The smallest absolute Gasteiger partial charge is 0.158 e. The predicted octanol–water partition coefficient (Wildman–Crippen LogP) is 4.11. The average Bonchev–Trinajstić information content (AvgIpc) is 2.34. The molecule has 1 heterocycles. The molecule has 2 heteroatoms. The van der Waals surface area contributed by atoms with E-state index in [1.54, 1.807) is 12.3 Å². The number of rotatable bonds is 2. The molecule has 14 heavy (non-hydrogen) atoms. The van der Waals surface area contributed by atoms with Gasteiger partial charge in [-0.3, -0.25) is 0 Å². The quantitative estimate of drug-likeness (QED) is 0.647. The molecule has 0 bridgehead atoms. The maximum Gasteiger partial charge on any atom is 0.158 e. The molecule has 0 aliphatic heterocycles. The summed E-state index contributed by atoms with van der Waals surface area (Å²) in [5.41, 5.74) is 0.914. The zero-order chi connectivity index (χ0) is 11.4.